The number of allylic oxidation sites excluding steroid dienone is 2. The van der Waals surface area contributed by atoms with E-state index in [4.69, 9.17) is 0 Å². The van der Waals surface area contributed by atoms with E-state index in [-0.39, 0.29) is 0 Å². The van der Waals surface area contributed by atoms with Gasteiger partial charge in [-0.3, -0.25) is 0 Å². The molecule has 0 atom stereocenters. The molecule has 21 heavy (non-hydrogen) atoms. The van der Waals surface area contributed by atoms with Crippen LogP contribution in [0.3, 0.4) is 0 Å². The first kappa shape index (κ1) is 20.7. The Balaban J connectivity index is 3.27. The van der Waals surface area contributed by atoms with Gasteiger partial charge in [-0.1, -0.05) is 70.9 Å². The molecule has 0 spiro atoms. The molecule has 0 aromatic rings. The Morgan fingerprint density at radius 2 is 1.29 bits per heavy atom. The Labute approximate surface area is 135 Å². The Morgan fingerprint density at radius 3 is 1.90 bits per heavy atom. The van der Waals surface area contributed by atoms with Crippen LogP contribution in [0.2, 0.25) is 0 Å². The van der Waals surface area contributed by atoms with Crippen LogP contribution in [0.1, 0.15) is 105 Å². The van der Waals surface area contributed by atoms with E-state index < -0.39 is 0 Å². The van der Waals surface area contributed by atoms with Crippen molar-refractivity contribution in [3.63, 3.8) is 0 Å². The molecule has 0 aliphatic heterocycles. The summed E-state index contributed by atoms with van der Waals surface area (Å²) in [5.41, 5.74) is 0.333. The molecule has 0 fully saturated rings. The van der Waals surface area contributed by atoms with E-state index in [9.17, 15) is 0 Å². The van der Waals surface area contributed by atoms with E-state index in [1.807, 2.05) is 0 Å². The zero-order chi connectivity index (χ0) is 15.8. The van der Waals surface area contributed by atoms with E-state index in [1.165, 1.54) is 77.0 Å². The fourth-order valence-corrected chi connectivity index (χ4v) is 2.65. The Morgan fingerprint density at radius 1 is 0.714 bits per heavy atom. The highest BCUT2D eigenvalue weighted by Crippen LogP contribution is 2.15. The quantitative estimate of drug-likeness (QED) is 0.264. The van der Waals surface area contributed by atoms with Crippen molar-refractivity contribution in [3.05, 3.63) is 12.2 Å². The molecule has 0 aliphatic carbocycles. The third kappa shape index (κ3) is 15.9. The zero-order valence-electron chi connectivity index (χ0n) is 15.3. The van der Waals surface area contributed by atoms with Gasteiger partial charge in [0.25, 0.3) is 0 Å². The first-order chi connectivity index (χ1) is 10.1. The average Bonchev–Trinajstić information content (AvgIpc) is 2.46. The van der Waals surface area contributed by atoms with Gasteiger partial charge in [-0.2, -0.15) is 0 Å². The van der Waals surface area contributed by atoms with Gasteiger partial charge in [-0.05, 0) is 52.5 Å². The largest absolute Gasteiger partial charge is 0.312 e. The summed E-state index contributed by atoms with van der Waals surface area (Å²) < 4.78 is 0. The maximum absolute atomic E-state index is 3.64. The molecule has 1 N–H and O–H groups in total. The molecule has 0 aromatic heterocycles. The normalized spacial score (nSPS) is 12.4. The van der Waals surface area contributed by atoms with Gasteiger partial charge >= 0.3 is 0 Å². The van der Waals surface area contributed by atoms with Gasteiger partial charge in [-0.15, -0.1) is 0 Å². The lowest BCUT2D eigenvalue weighted by Gasteiger charge is -2.26. The third-order valence-corrected chi connectivity index (χ3v) is 4.17. The lowest BCUT2D eigenvalue weighted by atomic mass is 9.96. The van der Waals surface area contributed by atoms with Crippen molar-refractivity contribution in [1.29, 1.82) is 0 Å². The second kappa shape index (κ2) is 14.6. The number of hydrogen-bond donors (Lipinski definition) is 1. The second-order valence-corrected chi connectivity index (χ2v) is 7.08. The molecule has 0 bridgehead atoms. The van der Waals surface area contributed by atoms with Crippen LogP contribution in [0, 0.1) is 0 Å². The topological polar surface area (TPSA) is 12.0 Å². The van der Waals surface area contributed by atoms with Crippen molar-refractivity contribution in [1.82, 2.24) is 5.32 Å². The highest BCUT2D eigenvalue weighted by molar-refractivity contribution is 4.81. The van der Waals surface area contributed by atoms with E-state index in [1.54, 1.807) is 0 Å². The predicted molar refractivity (Wildman–Crippen MR) is 98.0 cm³/mol. The molecule has 0 heterocycles. The van der Waals surface area contributed by atoms with Gasteiger partial charge < -0.3 is 5.32 Å². The second-order valence-electron chi connectivity index (χ2n) is 7.08. The van der Waals surface area contributed by atoms with Crippen molar-refractivity contribution in [3.8, 4) is 0 Å². The molecule has 0 rings (SSSR count). The minimum atomic E-state index is 0.333. The van der Waals surface area contributed by atoms with Gasteiger partial charge in [0.05, 0.1) is 0 Å². The lowest BCUT2D eigenvalue weighted by molar-refractivity contribution is 0.347. The van der Waals surface area contributed by atoms with Crippen LogP contribution in [-0.4, -0.2) is 12.1 Å². The summed E-state index contributed by atoms with van der Waals surface area (Å²) in [4.78, 5) is 0. The van der Waals surface area contributed by atoms with Crippen molar-refractivity contribution in [2.24, 2.45) is 0 Å². The van der Waals surface area contributed by atoms with E-state index in [0.717, 1.165) is 6.54 Å². The standard InChI is InChI=1S/C20H41N/c1-5-7-8-9-10-11-12-13-14-15-16-17-18-20(3,4)21-19-6-2/h9-10,21H,5-8,11-19H2,1-4H3/b10-9+. The van der Waals surface area contributed by atoms with Crippen molar-refractivity contribution in [2.45, 2.75) is 110 Å². The van der Waals surface area contributed by atoms with Crippen LogP contribution in [0.5, 0.6) is 0 Å². The molecule has 0 radical (unpaired) electrons. The smallest absolute Gasteiger partial charge is 0.0125 e. The third-order valence-electron chi connectivity index (χ3n) is 4.17. The molecular weight excluding hydrogens is 254 g/mol. The summed E-state index contributed by atoms with van der Waals surface area (Å²) in [6.45, 7) is 10.3. The maximum atomic E-state index is 3.64. The minimum Gasteiger partial charge on any atom is -0.312 e. The van der Waals surface area contributed by atoms with E-state index in [2.05, 4.69) is 45.2 Å². The predicted octanol–water partition coefficient (Wildman–Crippen LogP) is 6.63. The highest BCUT2D eigenvalue weighted by Gasteiger charge is 2.14. The number of hydrogen-bond acceptors (Lipinski definition) is 1. The summed E-state index contributed by atoms with van der Waals surface area (Å²) in [5.74, 6) is 0. The monoisotopic (exact) mass is 295 g/mol. The van der Waals surface area contributed by atoms with Gasteiger partial charge in [-0.25, -0.2) is 0 Å². The molecule has 0 amide bonds. The van der Waals surface area contributed by atoms with E-state index in [0.29, 0.717) is 5.54 Å². The summed E-state index contributed by atoms with van der Waals surface area (Å²) in [6, 6.07) is 0. The van der Waals surface area contributed by atoms with Crippen LogP contribution in [0.4, 0.5) is 0 Å². The lowest BCUT2D eigenvalue weighted by Crippen LogP contribution is -2.39. The fourth-order valence-electron chi connectivity index (χ4n) is 2.65. The molecule has 0 unspecified atom stereocenters. The number of nitrogens with one attached hydrogen (secondary N) is 1. The molecule has 0 saturated heterocycles. The Hall–Kier alpha value is -0.300. The summed E-state index contributed by atoms with van der Waals surface area (Å²) in [7, 11) is 0. The molecule has 126 valence electrons. The fraction of sp³-hybridized carbons (Fsp3) is 0.900. The SMILES string of the molecule is CCCC/C=C/CCCCCCCCC(C)(C)NCCC. The first-order valence-electron chi connectivity index (χ1n) is 9.52. The number of unbranched alkanes of at least 4 members (excludes halogenated alkanes) is 8. The molecule has 0 aromatic carbocycles. The van der Waals surface area contributed by atoms with Gasteiger partial charge in [0.2, 0.25) is 0 Å². The van der Waals surface area contributed by atoms with Crippen LogP contribution < -0.4 is 5.32 Å². The average molecular weight is 296 g/mol. The van der Waals surface area contributed by atoms with E-state index >= 15 is 0 Å². The van der Waals surface area contributed by atoms with Crippen LogP contribution in [0.25, 0.3) is 0 Å². The van der Waals surface area contributed by atoms with Gasteiger partial charge in [0.1, 0.15) is 0 Å². The van der Waals surface area contributed by atoms with Crippen molar-refractivity contribution < 1.29 is 0 Å². The first-order valence-corrected chi connectivity index (χ1v) is 9.52. The van der Waals surface area contributed by atoms with Crippen LogP contribution in [0.15, 0.2) is 12.2 Å². The summed E-state index contributed by atoms with van der Waals surface area (Å²) in [5, 5.41) is 3.64. The number of rotatable bonds is 15. The zero-order valence-corrected chi connectivity index (χ0v) is 15.3. The van der Waals surface area contributed by atoms with Gasteiger partial charge in [0, 0.05) is 5.54 Å². The van der Waals surface area contributed by atoms with Crippen LogP contribution >= 0.6 is 0 Å². The maximum Gasteiger partial charge on any atom is 0.0125 e. The van der Waals surface area contributed by atoms with Gasteiger partial charge in [0.15, 0.2) is 0 Å². The molecular formula is C20H41N. The molecule has 0 saturated carbocycles. The Bertz CT molecular complexity index is 230. The van der Waals surface area contributed by atoms with Crippen molar-refractivity contribution in [2.75, 3.05) is 6.54 Å². The summed E-state index contributed by atoms with van der Waals surface area (Å²) >= 11 is 0. The Kier molecular flexibility index (Phi) is 14.4. The minimum absolute atomic E-state index is 0.333. The molecule has 1 heteroatoms. The van der Waals surface area contributed by atoms with Crippen molar-refractivity contribution >= 4 is 0 Å². The molecule has 0 aliphatic rings. The molecule has 1 nitrogen and oxygen atoms in total. The van der Waals surface area contributed by atoms with Crippen LogP contribution in [-0.2, 0) is 0 Å². The summed E-state index contributed by atoms with van der Waals surface area (Å²) in [6.07, 6.45) is 20.9. The highest BCUT2D eigenvalue weighted by atomic mass is 14.9.